The fourth-order valence-electron chi connectivity index (χ4n) is 1.68. The maximum atomic E-state index is 13.4. The topological polar surface area (TPSA) is 51.2 Å². The highest BCUT2D eigenvalue weighted by molar-refractivity contribution is 5.89. The van der Waals surface area contributed by atoms with Gasteiger partial charge in [-0.25, -0.2) is 18.6 Å². The molecule has 1 aromatic heterocycles. The van der Waals surface area contributed by atoms with E-state index < -0.39 is 17.6 Å². The number of pyridine rings is 1. The monoisotopic (exact) mass is 292 g/mol. The van der Waals surface area contributed by atoms with Gasteiger partial charge in [0, 0.05) is 24.4 Å². The molecular weight excluding hydrogens is 278 g/mol. The van der Waals surface area contributed by atoms with Gasteiger partial charge in [-0.05, 0) is 25.1 Å². The van der Waals surface area contributed by atoms with Crippen molar-refractivity contribution >= 4 is 11.8 Å². The standard InChI is InChI=1S/C15H14F2N2O2/c1-2-21-15(20)11-4-6-14(19-9-11)18-8-10-3-5-12(16)7-13(10)17/h3-7,9H,2,8H2,1H3,(H,18,19). The number of carbonyl (C=O) groups excluding carboxylic acids is 1. The van der Waals surface area contributed by atoms with Crippen molar-refractivity contribution in [3.63, 3.8) is 0 Å². The maximum absolute atomic E-state index is 13.4. The van der Waals surface area contributed by atoms with Crippen LogP contribution in [0, 0.1) is 11.6 Å². The number of nitrogens with one attached hydrogen (secondary N) is 1. The third-order valence-electron chi connectivity index (χ3n) is 2.75. The Bertz CT molecular complexity index is 630. The number of carbonyl (C=O) groups is 1. The summed E-state index contributed by atoms with van der Waals surface area (Å²) in [5.41, 5.74) is 0.669. The molecule has 0 bridgehead atoms. The second-order valence-corrected chi connectivity index (χ2v) is 4.24. The molecule has 1 N–H and O–H groups in total. The lowest BCUT2D eigenvalue weighted by atomic mass is 10.2. The van der Waals surface area contributed by atoms with Gasteiger partial charge >= 0.3 is 5.97 Å². The fraction of sp³-hybridized carbons (Fsp3) is 0.200. The maximum Gasteiger partial charge on any atom is 0.339 e. The molecule has 0 radical (unpaired) electrons. The number of rotatable bonds is 5. The summed E-state index contributed by atoms with van der Waals surface area (Å²) in [6, 6.07) is 6.54. The summed E-state index contributed by atoms with van der Waals surface area (Å²) < 4.78 is 31.1. The highest BCUT2D eigenvalue weighted by Gasteiger charge is 2.07. The van der Waals surface area contributed by atoms with Crippen molar-refractivity contribution in [3.05, 3.63) is 59.3 Å². The third kappa shape index (κ3) is 3.98. The third-order valence-corrected chi connectivity index (χ3v) is 2.75. The molecular formula is C15H14F2N2O2. The Morgan fingerprint density at radius 1 is 1.29 bits per heavy atom. The van der Waals surface area contributed by atoms with E-state index >= 15 is 0 Å². The fourth-order valence-corrected chi connectivity index (χ4v) is 1.68. The number of benzene rings is 1. The predicted molar refractivity (Wildman–Crippen MR) is 73.9 cm³/mol. The second kappa shape index (κ2) is 6.78. The average molecular weight is 292 g/mol. The summed E-state index contributed by atoms with van der Waals surface area (Å²) in [7, 11) is 0. The van der Waals surface area contributed by atoms with Gasteiger partial charge in [-0.1, -0.05) is 6.07 Å². The number of hydrogen-bond donors (Lipinski definition) is 1. The van der Waals surface area contributed by atoms with Crippen molar-refractivity contribution in [1.29, 1.82) is 0 Å². The molecule has 110 valence electrons. The van der Waals surface area contributed by atoms with Gasteiger partial charge in [0.15, 0.2) is 0 Å². The van der Waals surface area contributed by atoms with Crippen molar-refractivity contribution in [1.82, 2.24) is 4.98 Å². The Hall–Kier alpha value is -2.50. The molecule has 0 aliphatic heterocycles. The normalized spacial score (nSPS) is 10.2. The highest BCUT2D eigenvalue weighted by atomic mass is 19.1. The van der Waals surface area contributed by atoms with Crippen molar-refractivity contribution in [2.75, 3.05) is 11.9 Å². The molecule has 0 saturated heterocycles. The van der Waals surface area contributed by atoms with Crippen LogP contribution >= 0.6 is 0 Å². The Morgan fingerprint density at radius 2 is 2.10 bits per heavy atom. The molecule has 0 fully saturated rings. The van der Waals surface area contributed by atoms with Crippen LogP contribution in [0.1, 0.15) is 22.8 Å². The van der Waals surface area contributed by atoms with Gasteiger partial charge in [-0.15, -0.1) is 0 Å². The van der Waals surface area contributed by atoms with Crippen molar-refractivity contribution < 1.29 is 18.3 Å². The Morgan fingerprint density at radius 3 is 2.71 bits per heavy atom. The van der Waals surface area contributed by atoms with Crippen molar-refractivity contribution in [2.45, 2.75) is 13.5 Å². The van der Waals surface area contributed by atoms with Crippen molar-refractivity contribution in [3.8, 4) is 0 Å². The zero-order chi connectivity index (χ0) is 15.2. The zero-order valence-corrected chi connectivity index (χ0v) is 11.4. The van der Waals surface area contributed by atoms with E-state index in [0.29, 0.717) is 23.6 Å². The Balaban J connectivity index is 1.99. The van der Waals surface area contributed by atoms with Crippen LogP contribution in [0.4, 0.5) is 14.6 Å². The van der Waals surface area contributed by atoms with E-state index in [0.717, 1.165) is 6.07 Å². The molecule has 0 saturated carbocycles. The lowest BCUT2D eigenvalue weighted by molar-refractivity contribution is 0.0526. The van der Waals surface area contributed by atoms with Crippen LogP contribution in [-0.4, -0.2) is 17.6 Å². The van der Waals surface area contributed by atoms with E-state index in [-0.39, 0.29) is 6.54 Å². The van der Waals surface area contributed by atoms with Gasteiger partial charge in [0.1, 0.15) is 17.5 Å². The van der Waals surface area contributed by atoms with Crippen molar-refractivity contribution in [2.24, 2.45) is 0 Å². The van der Waals surface area contributed by atoms with Gasteiger partial charge < -0.3 is 10.1 Å². The van der Waals surface area contributed by atoms with Crippen LogP contribution in [-0.2, 0) is 11.3 Å². The molecule has 0 aliphatic rings. The van der Waals surface area contributed by atoms with Crippen LogP contribution < -0.4 is 5.32 Å². The molecule has 0 spiro atoms. The first-order valence-electron chi connectivity index (χ1n) is 6.41. The average Bonchev–Trinajstić information content (AvgIpc) is 2.47. The second-order valence-electron chi connectivity index (χ2n) is 4.24. The van der Waals surface area contributed by atoms with Gasteiger partial charge in [0.25, 0.3) is 0 Å². The lowest BCUT2D eigenvalue weighted by Crippen LogP contribution is -2.07. The summed E-state index contributed by atoms with van der Waals surface area (Å²) in [6.45, 7) is 2.18. The number of nitrogens with zero attached hydrogens (tertiary/aromatic N) is 1. The van der Waals surface area contributed by atoms with E-state index in [2.05, 4.69) is 10.3 Å². The summed E-state index contributed by atoms with van der Waals surface area (Å²) in [4.78, 5) is 15.5. The summed E-state index contributed by atoms with van der Waals surface area (Å²) in [5.74, 6) is -1.20. The molecule has 2 aromatic rings. The van der Waals surface area contributed by atoms with Crippen LogP contribution in [0.5, 0.6) is 0 Å². The first-order chi connectivity index (χ1) is 10.1. The van der Waals surface area contributed by atoms with E-state index in [1.165, 1.54) is 18.3 Å². The molecule has 2 rings (SSSR count). The van der Waals surface area contributed by atoms with E-state index in [4.69, 9.17) is 4.74 Å². The molecule has 6 heteroatoms. The van der Waals surface area contributed by atoms with Crippen LogP contribution in [0.25, 0.3) is 0 Å². The SMILES string of the molecule is CCOC(=O)c1ccc(NCc2ccc(F)cc2F)nc1. The van der Waals surface area contributed by atoms with E-state index in [1.54, 1.807) is 19.1 Å². The van der Waals surface area contributed by atoms with Crippen LogP contribution in [0.3, 0.4) is 0 Å². The van der Waals surface area contributed by atoms with E-state index in [9.17, 15) is 13.6 Å². The largest absolute Gasteiger partial charge is 0.462 e. The number of ether oxygens (including phenoxy) is 1. The minimum Gasteiger partial charge on any atom is -0.462 e. The number of anilines is 1. The zero-order valence-electron chi connectivity index (χ0n) is 11.4. The molecule has 1 aromatic carbocycles. The van der Waals surface area contributed by atoms with Gasteiger partial charge in [0.05, 0.1) is 12.2 Å². The van der Waals surface area contributed by atoms with Gasteiger partial charge in [0.2, 0.25) is 0 Å². The number of esters is 1. The smallest absolute Gasteiger partial charge is 0.339 e. The Kier molecular flexibility index (Phi) is 4.81. The lowest BCUT2D eigenvalue weighted by Gasteiger charge is -2.07. The Labute approximate surface area is 120 Å². The molecule has 0 atom stereocenters. The minimum atomic E-state index is -0.620. The molecule has 21 heavy (non-hydrogen) atoms. The summed E-state index contributed by atoms with van der Waals surface area (Å²) in [5, 5.41) is 2.89. The molecule has 1 heterocycles. The molecule has 0 amide bonds. The first-order valence-corrected chi connectivity index (χ1v) is 6.41. The van der Waals surface area contributed by atoms with Crippen LogP contribution in [0.2, 0.25) is 0 Å². The van der Waals surface area contributed by atoms with Gasteiger partial charge in [-0.3, -0.25) is 0 Å². The first kappa shape index (κ1) is 14.9. The number of halogens is 2. The molecule has 0 unspecified atom stereocenters. The quantitative estimate of drug-likeness (QED) is 0.860. The molecule has 0 aliphatic carbocycles. The van der Waals surface area contributed by atoms with E-state index in [1.807, 2.05) is 0 Å². The number of hydrogen-bond acceptors (Lipinski definition) is 4. The predicted octanol–water partition coefficient (Wildman–Crippen LogP) is 3.15. The molecule has 4 nitrogen and oxygen atoms in total. The summed E-state index contributed by atoms with van der Waals surface area (Å²) >= 11 is 0. The van der Waals surface area contributed by atoms with Crippen LogP contribution in [0.15, 0.2) is 36.5 Å². The summed E-state index contributed by atoms with van der Waals surface area (Å²) in [6.07, 6.45) is 1.38. The number of aromatic nitrogens is 1. The minimum absolute atomic E-state index is 0.165. The highest BCUT2D eigenvalue weighted by Crippen LogP contribution is 2.12. The van der Waals surface area contributed by atoms with Gasteiger partial charge in [-0.2, -0.15) is 0 Å².